The lowest BCUT2D eigenvalue weighted by atomic mass is 9.95. The molecule has 0 bridgehead atoms. The Labute approximate surface area is 176 Å². The van der Waals surface area contributed by atoms with Crippen LogP contribution in [0.2, 0.25) is 0 Å². The van der Waals surface area contributed by atoms with E-state index in [0.717, 1.165) is 27.6 Å². The number of carbonyl (C=O) groups excluding carboxylic acids is 1. The van der Waals surface area contributed by atoms with Crippen molar-refractivity contribution in [3.05, 3.63) is 71.0 Å². The van der Waals surface area contributed by atoms with Crippen LogP contribution in [-0.4, -0.2) is 24.5 Å². The van der Waals surface area contributed by atoms with Gasteiger partial charge in [-0.3, -0.25) is 9.78 Å². The molecule has 1 amide bonds. The maximum Gasteiger partial charge on any atom is 0.255 e. The van der Waals surface area contributed by atoms with Gasteiger partial charge in [0.25, 0.3) is 5.91 Å². The summed E-state index contributed by atoms with van der Waals surface area (Å²) in [4.78, 5) is 16.9. The molecule has 1 heterocycles. The van der Waals surface area contributed by atoms with E-state index >= 15 is 0 Å². The van der Waals surface area contributed by atoms with Crippen molar-refractivity contribution >= 4 is 16.7 Å². The summed E-state index contributed by atoms with van der Waals surface area (Å²) in [5.41, 5.74) is 3.76. The van der Waals surface area contributed by atoms with E-state index in [9.17, 15) is 4.79 Å². The van der Waals surface area contributed by atoms with Gasteiger partial charge in [-0.15, -0.1) is 0 Å². The van der Waals surface area contributed by atoms with Crippen molar-refractivity contribution in [1.29, 1.82) is 0 Å². The number of methoxy groups -OCH3 is 1. The van der Waals surface area contributed by atoms with Gasteiger partial charge in [0.05, 0.1) is 12.7 Å². The standard InChI is InChI=1S/C21H22N2O2.2C2H6.H2/c1-4-22-21(24)19-12-16(11-15-10-9-14(2)23-13-15)17-7-5-6-8-18(17)20(19)25-3;2*1-2;/h5-10,12-13H,4,11H2,1-3H3,(H,22,24);2*1-2H3;1H. The van der Waals surface area contributed by atoms with E-state index < -0.39 is 0 Å². The lowest BCUT2D eigenvalue weighted by Crippen LogP contribution is -2.23. The Morgan fingerprint density at radius 1 is 1.07 bits per heavy atom. The molecule has 3 rings (SSSR count). The zero-order valence-corrected chi connectivity index (χ0v) is 18.8. The Kier molecular flexibility index (Phi) is 10.5. The first-order chi connectivity index (χ1) is 14.1. The number of ether oxygens (including phenoxy) is 1. The molecule has 1 aromatic heterocycles. The first-order valence-electron chi connectivity index (χ1n) is 10.4. The number of pyridine rings is 1. The lowest BCUT2D eigenvalue weighted by molar-refractivity contribution is 0.0953. The second kappa shape index (κ2) is 12.6. The molecule has 3 aromatic rings. The highest BCUT2D eigenvalue weighted by Gasteiger charge is 2.18. The van der Waals surface area contributed by atoms with Crippen LogP contribution in [0, 0.1) is 6.92 Å². The van der Waals surface area contributed by atoms with Gasteiger partial charge in [0.2, 0.25) is 0 Å². The van der Waals surface area contributed by atoms with Gasteiger partial charge in [0.1, 0.15) is 5.75 Å². The molecule has 4 heteroatoms. The van der Waals surface area contributed by atoms with E-state index in [1.807, 2.05) is 78.1 Å². The molecule has 0 aliphatic carbocycles. The number of hydrogen-bond donors (Lipinski definition) is 1. The molecule has 2 aromatic carbocycles. The summed E-state index contributed by atoms with van der Waals surface area (Å²) in [6, 6.07) is 14.0. The van der Waals surface area contributed by atoms with E-state index in [1.54, 1.807) is 7.11 Å². The number of nitrogens with one attached hydrogen (secondary N) is 1. The van der Waals surface area contributed by atoms with Crippen molar-refractivity contribution in [1.82, 2.24) is 10.3 Å². The average Bonchev–Trinajstić information content (AvgIpc) is 2.78. The Hall–Kier alpha value is -2.88. The van der Waals surface area contributed by atoms with Gasteiger partial charge >= 0.3 is 0 Å². The van der Waals surface area contributed by atoms with Crippen LogP contribution >= 0.6 is 0 Å². The van der Waals surface area contributed by atoms with Crippen LogP contribution in [0.3, 0.4) is 0 Å². The molecule has 0 spiro atoms. The maximum absolute atomic E-state index is 12.5. The highest BCUT2D eigenvalue weighted by molar-refractivity contribution is 6.05. The van der Waals surface area contributed by atoms with Crippen LogP contribution in [0.4, 0.5) is 0 Å². The zero-order valence-electron chi connectivity index (χ0n) is 18.8. The molecule has 4 nitrogen and oxygen atoms in total. The highest BCUT2D eigenvalue weighted by Crippen LogP contribution is 2.33. The molecule has 1 N–H and O–H groups in total. The largest absolute Gasteiger partial charge is 0.495 e. The van der Waals surface area contributed by atoms with Gasteiger partial charge in [0.15, 0.2) is 0 Å². The smallest absolute Gasteiger partial charge is 0.255 e. The Morgan fingerprint density at radius 2 is 1.72 bits per heavy atom. The van der Waals surface area contributed by atoms with Crippen molar-refractivity contribution in [2.24, 2.45) is 0 Å². The van der Waals surface area contributed by atoms with Crippen LogP contribution in [0.25, 0.3) is 10.8 Å². The third-order valence-corrected chi connectivity index (χ3v) is 4.23. The van der Waals surface area contributed by atoms with Crippen molar-refractivity contribution in [2.75, 3.05) is 13.7 Å². The number of carbonyl (C=O) groups is 1. The van der Waals surface area contributed by atoms with E-state index in [4.69, 9.17) is 4.74 Å². The average molecular weight is 397 g/mol. The quantitative estimate of drug-likeness (QED) is 0.559. The fourth-order valence-electron chi connectivity index (χ4n) is 3.04. The molecule has 0 radical (unpaired) electrons. The summed E-state index contributed by atoms with van der Waals surface area (Å²) in [6.07, 6.45) is 2.60. The minimum absolute atomic E-state index is 0. The van der Waals surface area contributed by atoms with Gasteiger partial charge in [-0.1, -0.05) is 58.0 Å². The second-order valence-electron chi connectivity index (χ2n) is 6.01. The number of fused-ring (bicyclic) bond motifs is 1. The molecule has 0 aliphatic heterocycles. The van der Waals surface area contributed by atoms with Gasteiger partial charge in [-0.25, -0.2) is 0 Å². The molecule has 0 saturated heterocycles. The molecule has 0 unspecified atom stereocenters. The lowest BCUT2D eigenvalue weighted by Gasteiger charge is -2.15. The third-order valence-electron chi connectivity index (χ3n) is 4.23. The molecule has 0 saturated carbocycles. The second-order valence-corrected chi connectivity index (χ2v) is 6.01. The summed E-state index contributed by atoms with van der Waals surface area (Å²) in [5.74, 6) is 0.501. The number of rotatable bonds is 5. The van der Waals surface area contributed by atoms with Crippen LogP contribution in [-0.2, 0) is 6.42 Å². The first-order valence-corrected chi connectivity index (χ1v) is 10.4. The number of hydrogen-bond acceptors (Lipinski definition) is 3. The van der Waals surface area contributed by atoms with Crippen molar-refractivity contribution in [3.8, 4) is 5.75 Å². The topological polar surface area (TPSA) is 51.2 Å². The molecular formula is C25H36N2O2. The maximum atomic E-state index is 12.5. The van der Waals surface area contributed by atoms with Crippen LogP contribution < -0.4 is 10.1 Å². The fourth-order valence-corrected chi connectivity index (χ4v) is 3.04. The molecule has 0 fully saturated rings. The van der Waals surface area contributed by atoms with Gasteiger partial charge in [-0.05, 0) is 48.9 Å². The highest BCUT2D eigenvalue weighted by atomic mass is 16.5. The molecule has 0 atom stereocenters. The molecule has 158 valence electrons. The van der Waals surface area contributed by atoms with E-state index in [2.05, 4.69) is 22.4 Å². The third kappa shape index (κ3) is 6.05. The van der Waals surface area contributed by atoms with Gasteiger partial charge in [-0.2, -0.15) is 0 Å². The number of aryl methyl sites for hydroxylation is 1. The summed E-state index contributed by atoms with van der Waals surface area (Å²) < 4.78 is 5.57. The predicted octanol–water partition coefficient (Wildman–Crippen LogP) is 6.19. The van der Waals surface area contributed by atoms with E-state index in [0.29, 0.717) is 24.3 Å². The number of nitrogens with zero attached hydrogens (tertiary/aromatic N) is 1. The molecule has 0 aliphatic rings. The first kappa shape index (κ1) is 24.2. The minimum Gasteiger partial charge on any atom is -0.495 e. The number of benzene rings is 2. The van der Waals surface area contributed by atoms with Crippen molar-refractivity contribution in [3.63, 3.8) is 0 Å². The van der Waals surface area contributed by atoms with Gasteiger partial charge in [0, 0.05) is 25.2 Å². The Morgan fingerprint density at radius 3 is 2.28 bits per heavy atom. The van der Waals surface area contributed by atoms with Gasteiger partial charge < -0.3 is 10.1 Å². The fraction of sp³-hybridized carbons (Fsp3) is 0.360. The minimum atomic E-state index is -0.117. The number of amides is 1. The zero-order chi connectivity index (χ0) is 21.8. The van der Waals surface area contributed by atoms with Crippen LogP contribution in [0.5, 0.6) is 5.75 Å². The monoisotopic (exact) mass is 396 g/mol. The summed E-state index contributed by atoms with van der Waals surface area (Å²) in [7, 11) is 1.61. The SMILES string of the molecule is CC.CC.CCNC(=O)c1cc(Cc2ccc(C)nc2)c2ccccc2c1OC.[HH]. The normalized spacial score (nSPS) is 9.62. The summed E-state index contributed by atoms with van der Waals surface area (Å²) in [6.45, 7) is 12.5. The van der Waals surface area contributed by atoms with E-state index in [1.165, 1.54) is 0 Å². The van der Waals surface area contributed by atoms with Crippen molar-refractivity contribution in [2.45, 2.75) is 48.0 Å². The molecule has 29 heavy (non-hydrogen) atoms. The van der Waals surface area contributed by atoms with Crippen LogP contribution in [0.15, 0.2) is 48.7 Å². The van der Waals surface area contributed by atoms with Crippen LogP contribution in [0.1, 0.15) is 63.2 Å². The van der Waals surface area contributed by atoms with E-state index in [-0.39, 0.29) is 7.33 Å². The Bertz CT molecular complexity index is 909. The van der Waals surface area contributed by atoms with Crippen molar-refractivity contribution < 1.29 is 11.0 Å². The molecular weight excluding hydrogens is 360 g/mol. The summed E-state index contributed by atoms with van der Waals surface area (Å²) in [5, 5.41) is 4.91. The Balaban J connectivity index is 0.00000159. The summed E-state index contributed by atoms with van der Waals surface area (Å²) >= 11 is 0. The predicted molar refractivity (Wildman–Crippen MR) is 125 cm³/mol. The number of aromatic nitrogens is 1.